The third-order valence-electron chi connectivity index (χ3n) is 7.00. The molecule has 230 valence electrons. The molecule has 1 aromatic carbocycles. The third-order valence-corrected chi connectivity index (χ3v) is 7.00. The van der Waals surface area contributed by atoms with Gasteiger partial charge >= 0.3 is 17.9 Å². The topological polar surface area (TPSA) is 213 Å². The van der Waals surface area contributed by atoms with Crippen molar-refractivity contribution in [3.63, 3.8) is 0 Å². The number of Topliss-reactive ketones (excluding diaryl/α,β-unsaturated/α-hetero) is 1. The lowest BCUT2D eigenvalue weighted by Crippen LogP contribution is -2.45. The standard InChI is InChI=1S/C29H35N5O9/c1-41-22(36)12-10-18(26(38)32-20(28(40)43-3)11-13-23(37)42-2)14-21(35)17-7-4-16(5-8-17)6-9-19-15-31-25-24(19)27(39)34-29(30)33-25/h4-5,7-8,15,18,20H,6,9-14H2,1-3H3,(H,32,38)(H4,30,31,33,34,39)/t18-,20+/m1/s1. The molecule has 0 unspecified atom stereocenters. The smallest absolute Gasteiger partial charge is 0.328 e. The molecule has 0 bridgehead atoms. The van der Waals surface area contributed by atoms with Gasteiger partial charge in [0.15, 0.2) is 5.78 Å². The quantitative estimate of drug-likeness (QED) is 0.112. The van der Waals surface area contributed by atoms with E-state index in [-0.39, 0.29) is 49.4 Å². The molecule has 0 aliphatic carbocycles. The molecule has 3 rings (SSSR count). The first kappa shape index (κ1) is 32.5. The van der Waals surface area contributed by atoms with E-state index >= 15 is 0 Å². The first-order chi connectivity index (χ1) is 20.6. The van der Waals surface area contributed by atoms with Crippen LogP contribution < -0.4 is 16.6 Å². The highest BCUT2D eigenvalue weighted by Crippen LogP contribution is 2.20. The summed E-state index contributed by atoms with van der Waals surface area (Å²) in [4.78, 5) is 83.7. The zero-order chi connectivity index (χ0) is 31.5. The van der Waals surface area contributed by atoms with Crippen LogP contribution >= 0.6 is 0 Å². The summed E-state index contributed by atoms with van der Waals surface area (Å²) in [7, 11) is 3.57. The zero-order valence-electron chi connectivity index (χ0n) is 24.2. The second-order valence-corrected chi connectivity index (χ2v) is 9.82. The second kappa shape index (κ2) is 15.3. The maximum atomic E-state index is 13.2. The number of nitrogens with two attached hydrogens (primary N) is 1. The van der Waals surface area contributed by atoms with Crippen molar-refractivity contribution in [1.29, 1.82) is 0 Å². The van der Waals surface area contributed by atoms with Crippen molar-refractivity contribution in [3.8, 4) is 0 Å². The minimum atomic E-state index is -1.15. The Balaban J connectivity index is 1.68. The van der Waals surface area contributed by atoms with Gasteiger partial charge in [-0.25, -0.2) is 4.79 Å². The summed E-state index contributed by atoms with van der Waals surface area (Å²) in [5.74, 6) is -3.80. The molecule has 0 spiro atoms. The molecule has 0 aliphatic heterocycles. The molecule has 1 amide bonds. The summed E-state index contributed by atoms with van der Waals surface area (Å²) in [6, 6.07) is 5.71. The number of fused-ring (bicyclic) bond motifs is 1. The van der Waals surface area contributed by atoms with Gasteiger partial charge in [-0.05, 0) is 36.8 Å². The van der Waals surface area contributed by atoms with Crippen LogP contribution in [0.3, 0.4) is 0 Å². The number of methoxy groups -OCH3 is 3. The molecular formula is C29H35N5O9. The Morgan fingerprint density at radius 3 is 2.21 bits per heavy atom. The zero-order valence-corrected chi connectivity index (χ0v) is 24.2. The van der Waals surface area contributed by atoms with Crippen molar-refractivity contribution in [2.45, 2.75) is 51.0 Å². The predicted octanol–water partition coefficient (Wildman–Crippen LogP) is 1.37. The van der Waals surface area contributed by atoms with E-state index in [0.29, 0.717) is 29.4 Å². The number of carbonyl (C=O) groups excluding carboxylic acids is 5. The molecule has 0 saturated heterocycles. The van der Waals surface area contributed by atoms with Crippen LogP contribution in [-0.4, -0.2) is 71.9 Å². The Bertz CT molecular complexity index is 1530. The molecule has 3 aromatic rings. The number of rotatable bonds is 15. The van der Waals surface area contributed by atoms with Crippen molar-refractivity contribution in [1.82, 2.24) is 20.3 Å². The van der Waals surface area contributed by atoms with E-state index in [1.54, 1.807) is 30.5 Å². The maximum absolute atomic E-state index is 13.2. The second-order valence-electron chi connectivity index (χ2n) is 9.82. The Hall–Kier alpha value is -5.01. The maximum Gasteiger partial charge on any atom is 0.328 e. The molecule has 2 aromatic heterocycles. The van der Waals surface area contributed by atoms with Gasteiger partial charge in [-0.3, -0.25) is 29.0 Å². The van der Waals surface area contributed by atoms with Gasteiger partial charge in [0.25, 0.3) is 5.56 Å². The number of hydrogen-bond acceptors (Lipinski definition) is 11. The third kappa shape index (κ3) is 8.99. The van der Waals surface area contributed by atoms with E-state index in [4.69, 9.17) is 10.5 Å². The van der Waals surface area contributed by atoms with Gasteiger partial charge in [0.05, 0.1) is 26.7 Å². The summed E-state index contributed by atoms with van der Waals surface area (Å²) in [5, 5.41) is 2.98. The lowest BCUT2D eigenvalue weighted by atomic mass is 9.92. The number of carbonyl (C=O) groups is 5. The molecule has 2 heterocycles. The molecule has 0 fully saturated rings. The first-order valence-corrected chi connectivity index (χ1v) is 13.6. The molecule has 0 saturated carbocycles. The summed E-state index contributed by atoms with van der Waals surface area (Å²) in [5.41, 5.74) is 7.73. The molecule has 0 radical (unpaired) electrons. The van der Waals surface area contributed by atoms with E-state index in [1.807, 2.05) is 0 Å². The number of nitrogens with one attached hydrogen (secondary N) is 3. The van der Waals surface area contributed by atoms with Crippen LogP contribution in [-0.2, 0) is 46.2 Å². The predicted molar refractivity (Wildman–Crippen MR) is 154 cm³/mol. The van der Waals surface area contributed by atoms with Gasteiger partial charge in [0.2, 0.25) is 11.9 Å². The number of aromatic nitrogens is 3. The van der Waals surface area contributed by atoms with Gasteiger partial charge in [-0.15, -0.1) is 0 Å². The number of anilines is 1. The lowest BCUT2D eigenvalue weighted by Gasteiger charge is -2.21. The van der Waals surface area contributed by atoms with E-state index in [2.05, 4.69) is 29.7 Å². The number of nitrogen functional groups attached to an aromatic ring is 1. The monoisotopic (exact) mass is 597 g/mol. The van der Waals surface area contributed by atoms with Gasteiger partial charge in [-0.1, -0.05) is 24.3 Å². The van der Waals surface area contributed by atoms with Gasteiger partial charge in [0, 0.05) is 36.9 Å². The number of ketones is 1. The first-order valence-electron chi connectivity index (χ1n) is 13.6. The highest BCUT2D eigenvalue weighted by Gasteiger charge is 2.29. The Morgan fingerprint density at radius 1 is 0.930 bits per heavy atom. The Kier molecular flexibility index (Phi) is 11.6. The number of H-pyrrole nitrogens is 2. The minimum Gasteiger partial charge on any atom is -0.469 e. The van der Waals surface area contributed by atoms with Gasteiger partial charge < -0.3 is 30.2 Å². The van der Waals surface area contributed by atoms with Gasteiger partial charge in [0.1, 0.15) is 11.7 Å². The van der Waals surface area contributed by atoms with Crippen LogP contribution in [0, 0.1) is 5.92 Å². The van der Waals surface area contributed by atoms with Crippen molar-refractivity contribution in [2.24, 2.45) is 5.92 Å². The number of hydrogen-bond donors (Lipinski definition) is 4. The molecule has 14 nitrogen and oxygen atoms in total. The minimum absolute atomic E-state index is 0.00250. The molecule has 5 N–H and O–H groups in total. The van der Waals surface area contributed by atoms with Crippen LogP contribution in [0.5, 0.6) is 0 Å². The number of nitrogens with zero attached hydrogens (tertiary/aromatic N) is 1. The summed E-state index contributed by atoms with van der Waals surface area (Å²) in [6.45, 7) is 0. The van der Waals surface area contributed by atoms with Crippen LogP contribution in [0.25, 0.3) is 11.0 Å². The van der Waals surface area contributed by atoms with E-state index in [1.165, 1.54) is 14.2 Å². The number of aromatic amines is 2. The number of benzene rings is 1. The van der Waals surface area contributed by atoms with Crippen LogP contribution in [0.2, 0.25) is 0 Å². The fourth-order valence-electron chi connectivity index (χ4n) is 4.56. The largest absolute Gasteiger partial charge is 0.469 e. The Labute approximate surface area is 246 Å². The SMILES string of the molecule is COC(=O)CC[C@H](CC(=O)c1ccc(CCc2c[nH]c3nc(N)[nH]c(=O)c23)cc1)C(=O)N[C@@H](CCC(=O)OC)C(=O)OC. The summed E-state index contributed by atoms with van der Waals surface area (Å²) < 4.78 is 14.0. The van der Waals surface area contributed by atoms with E-state index in [0.717, 1.165) is 18.2 Å². The highest BCUT2D eigenvalue weighted by atomic mass is 16.5. The average molecular weight is 598 g/mol. The number of esters is 3. The fraction of sp³-hybridized carbons (Fsp3) is 0.414. The Morgan fingerprint density at radius 2 is 1.58 bits per heavy atom. The summed E-state index contributed by atoms with van der Waals surface area (Å²) in [6.07, 6.45) is 2.26. The van der Waals surface area contributed by atoms with E-state index in [9.17, 15) is 28.8 Å². The van der Waals surface area contributed by atoms with Crippen molar-refractivity contribution in [2.75, 3.05) is 27.1 Å². The van der Waals surface area contributed by atoms with Crippen molar-refractivity contribution >= 4 is 46.6 Å². The number of ether oxygens (including phenoxy) is 3. The normalized spacial score (nSPS) is 12.3. The van der Waals surface area contributed by atoms with Crippen LogP contribution in [0.15, 0.2) is 35.3 Å². The average Bonchev–Trinajstić information content (AvgIpc) is 3.42. The van der Waals surface area contributed by atoms with Crippen LogP contribution in [0.1, 0.15) is 53.6 Å². The molecular weight excluding hydrogens is 562 g/mol. The van der Waals surface area contributed by atoms with E-state index < -0.39 is 35.8 Å². The molecule has 2 atom stereocenters. The fourth-order valence-corrected chi connectivity index (χ4v) is 4.56. The molecule has 43 heavy (non-hydrogen) atoms. The van der Waals surface area contributed by atoms with Crippen molar-refractivity contribution < 1.29 is 38.2 Å². The number of amides is 1. The molecule has 14 heteroatoms. The van der Waals surface area contributed by atoms with Gasteiger partial charge in [-0.2, -0.15) is 4.98 Å². The van der Waals surface area contributed by atoms with Crippen molar-refractivity contribution in [3.05, 3.63) is 57.5 Å². The molecule has 0 aliphatic rings. The summed E-state index contributed by atoms with van der Waals surface area (Å²) >= 11 is 0. The van der Waals surface area contributed by atoms with Crippen LogP contribution in [0.4, 0.5) is 5.95 Å². The lowest BCUT2D eigenvalue weighted by molar-refractivity contribution is -0.147. The number of aryl methyl sites for hydroxylation is 2. The highest BCUT2D eigenvalue weighted by molar-refractivity contribution is 5.99.